The fourth-order valence-corrected chi connectivity index (χ4v) is 2.77. The number of benzene rings is 1. The van der Waals surface area contributed by atoms with Crippen LogP contribution in [-0.2, 0) is 5.75 Å². The lowest BCUT2D eigenvalue weighted by Crippen LogP contribution is -1.98. The summed E-state index contributed by atoms with van der Waals surface area (Å²) in [7, 11) is 0. The number of aromatic hydroxyl groups is 1. The van der Waals surface area contributed by atoms with Gasteiger partial charge in [0, 0.05) is 17.7 Å². The monoisotopic (exact) mass is 260 g/mol. The molecule has 2 aromatic rings. The second kappa shape index (κ2) is 6.40. The highest BCUT2D eigenvalue weighted by Crippen LogP contribution is 2.28. The molecule has 4 heteroatoms. The van der Waals surface area contributed by atoms with Crippen LogP contribution in [0.4, 0.5) is 0 Å². The predicted molar refractivity (Wildman–Crippen MR) is 74.7 cm³/mol. The van der Waals surface area contributed by atoms with Crippen molar-refractivity contribution in [2.24, 2.45) is 0 Å². The third-order valence-corrected chi connectivity index (χ3v) is 3.96. The molecule has 0 fully saturated rings. The van der Waals surface area contributed by atoms with E-state index in [-0.39, 0.29) is 0 Å². The van der Waals surface area contributed by atoms with Gasteiger partial charge < -0.3 is 5.11 Å². The number of para-hydroxylation sites is 1. The topological polar surface area (TPSA) is 46.0 Å². The molecule has 0 aliphatic carbocycles. The number of phenolic OH excluding ortho intramolecular Hbond substituents is 1. The number of hydrogen-bond donors (Lipinski definition) is 1. The van der Waals surface area contributed by atoms with Gasteiger partial charge in [0.1, 0.15) is 12.1 Å². The first-order chi connectivity index (χ1) is 8.77. The van der Waals surface area contributed by atoms with Gasteiger partial charge in [-0.15, -0.1) is 0 Å². The number of phenols is 1. The molecule has 3 nitrogen and oxygen atoms in total. The zero-order valence-corrected chi connectivity index (χ0v) is 11.1. The number of aromatic nitrogens is 2. The summed E-state index contributed by atoms with van der Waals surface area (Å²) in [5.74, 6) is 2.55. The van der Waals surface area contributed by atoms with E-state index in [2.05, 4.69) is 16.9 Å². The fraction of sp³-hybridized carbons (Fsp3) is 0.286. The minimum atomic E-state index is 0.332. The van der Waals surface area contributed by atoms with Gasteiger partial charge >= 0.3 is 0 Å². The second-order valence-corrected chi connectivity index (χ2v) is 5.21. The molecule has 0 spiro atoms. The number of rotatable bonds is 5. The Morgan fingerprint density at radius 1 is 1.28 bits per heavy atom. The summed E-state index contributed by atoms with van der Waals surface area (Å²) in [6, 6.07) is 9.45. The van der Waals surface area contributed by atoms with E-state index in [1.807, 2.05) is 36.0 Å². The molecule has 0 aliphatic heterocycles. The second-order valence-electron chi connectivity index (χ2n) is 4.18. The first kappa shape index (κ1) is 12.9. The highest BCUT2D eigenvalue weighted by molar-refractivity contribution is 7.98. The van der Waals surface area contributed by atoms with Crippen LogP contribution < -0.4 is 0 Å². The summed E-state index contributed by atoms with van der Waals surface area (Å²) in [5.41, 5.74) is 2.05. The van der Waals surface area contributed by atoms with E-state index < -0.39 is 0 Å². The molecular formula is C14H16N2OS. The van der Waals surface area contributed by atoms with Crippen molar-refractivity contribution in [1.82, 2.24) is 9.97 Å². The first-order valence-corrected chi connectivity index (χ1v) is 7.03. The quantitative estimate of drug-likeness (QED) is 0.896. The lowest BCUT2D eigenvalue weighted by atomic mass is 10.0. The van der Waals surface area contributed by atoms with Crippen molar-refractivity contribution in [3.05, 3.63) is 54.1 Å². The highest BCUT2D eigenvalue weighted by Gasteiger charge is 2.09. The molecule has 0 bridgehead atoms. The Morgan fingerprint density at radius 2 is 2.11 bits per heavy atom. The molecule has 2 rings (SSSR count). The lowest BCUT2D eigenvalue weighted by molar-refractivity contribution is 0.465. The van der Waals surface area contributed by atoms with Crippen LogP contribution in [0.3, 0.4) is 0 Å². The van der Waals surface area contributed by atoms with Gasteiger partial charge in [-0.25, -0.2) is 9.97 Å². The molecule has 0 amide bonds. The summed E-state index contributed by atoms with van der Waals surface area (Å²) in [6.07, 6.45) is 3.33. The minimum Gasteiger partial charge on any atom is -0.508 e. The van der Waals surface area contributed by atoms with Crippen LogP contribution in [0.1, 0.15) is 24.1 Å². The molecule has 1 heterocycles. The summed E-state index contributed by atoms with van der Waals surface area (Å²) in [5, 5.41) is 9.77. The Bertz CT molecular complexity index is 490. The maximum Gasteiger partial charge on any atom is 0.119 e. The van der Waals surface area contributed by atoms with Gasteiger partial charge in [0.25, 0.3) is 0 Å². The van der Waals surface area contributed by atoms with Crippen LogP contribution in [0, 0.1) is 0 Å². The molecule has 1 unspecified atom stereocenters. The van der Waals surface area contributed by atoms with Crippen molar-refractivity contribution in [3.8, 4) is 5.75 Å². The average Bonchev–Trinajstić information content (AvgIpc) is 2.40. The van der Waals surface area contributed by atoms with Crippen molar-refractivity contribution < 1.29 is 5.11 Å². The van der Waals surface area contributed by atoms with Crippen molar-refractivity contribution in [1.29, 1.82) is 0 Å². The molecule has 0 aliphatic rings. The summed E-state index contributed by atoms with van der Waals surface area (Å²) < 4.78 is 0. The minimum absolute atomic E-state index is 0.332. The number of thioether (sulfide) groups is 1. The zero-order valence-electron chi connectivity index (χ0n) is 10.3. The van der Waals surface area contributed by atoms with Gasteiger partial charge in [-0.1, -0.05) is 25.1 Å². The largest absolute Gasteiger partial charge is 0.508 e. The highest BCUT2D eigenvalue weighted by atomic mass is 32.2. The summed E-state index contributed by atoms with van der Waals surface area (Å²) >= 11 is 1.82. The van der Waals surface area contributed by atoms with Gasteiger partial charge in [-0.2, -0.15) is 11.8 Å². The molecule has 0 radical (unpaired) electrons. The fourth-order valence-electron chi connectivity index (χ4n) is 1.74. The third kappa shape index (κ3) is 3.47. The number of nitrogens with zero attached hydrogens (tertiary/aromatic N) is 2. The standard InChI is InChI=1S/C14H16N2OS/c1-11(13-4-2-3-5-14(13)17)8-18-9-12-6-7-15-10-16-12/h2-7,10-11,17H,8-9H2,1H3. The Kier molecular flexibility index (Phi) is 4.59. The van der Waals surface area contributed by atoms with Crippen LogP contribution in [0.15, 0.2) is 42.9 Å². The SMILES string of the molecule is CC(CSCc1ccncn1)c1ccccc1O. The van der Waals surface area contributed by atoms with Gasteiger partial charge in [-0.3, -0.25) is 0 Å². The van der Waals surface area contributed by atoms with Gasteiger partial charge in [0.05, 0.1) is 5.69 Å². The van der Waals surface area contributed by atoms with E-state index >= 15 is 0 Å². The molecule has 0 saturated carbocycles. The molecule has 1 aromatic carbocycles. The third-order valence-electron chi connectivity index (χ3n) is 2.73. The van der Waals surface area contributed by atoms with Crippen LogP contribution >= 0.6 is 11.8 Å². The molecule has 94 valence electrons. The average molecular weight is 260 g/mol. The van der Waals surface area contributed by atoms with E-state index in [1.54, 1.807) is 18.6 Å². The molecule has 0 saturated heterocycles. The Labute approximate surface area is 111 Å². The Morgan fingerprint density at radius 3 is 2.83 bits per heavy atom. The summed E-state index contributed by atoms with van der Waals surface area (Å²) in [4.78, 5) is 8.08. The Hall–Kier alpha value is -1.55. The Balaban J connectivity index is 1.86. The van der Waals surface area contributed by atoms with Crippen molar-refractivity contribution in [2.75, 3.05) is 5.75 Å². The number of hydrogen-bond acceptors (Lipinski definition) is 4. The summed E-state index contributed by atoms with van der Waals surface area (Å²) in [6.45, 7) is 2.13. The predicted octanol–water partition coefficient (Wildman–Crippen LogP) is 3.22. The maximum absolute atomic E-state index is 9.77. The van der Waals surface area contributed by atoms with Gasteiger partial charge in [-0.05, 0) is 23.6 Å². The van der Waals surface area contributed by atoms with Crippen molar-refractivity contribution >= 4 is 11.8 Å². The molecule has 18 heavy (non-hydrogen) atoms. The van der Waals surface area contributed by atoms with E-state index in [1.165, 1.54) is 0 Å². The lowest BCUT2D eigenvalue weighted by Gasteiger charge is -2.12. The van der Waals surface area contributed by atoms with E-state index in [9.17, 15) is 5.11 Å². The smallest absolute Gasteiger partial charge is 0.119 e. The first-order valence-electron chi connectivity index (χ1n) is 5.88. The van der Waals surface area contributed by atoms with Gasteiger partial charge in [0.15, 0.2) is 0 Å². The van der Waals surface area contributed by atoms with Crippen LogP contribution in [0.2, 0.25) is 0 Å². The van der Waals surface area contributed by atoms with Crippen molar-refractivity contribution in [3.63, 3.8) is 0 Å². The molecule has 1 atom stereocenters. The van der Waals surface area contributed by atoms with E-state index in [4.69, 9.17) is 0 Å². The maximum atomic E-state index is 9.77. The van der Waals surface area contributed by atoms with Gasteiger partial charge in [0.2, 0.25) is 0 Å². The van der Waals surface area contributed by atoms with Crippen LogP contribution in [0.5, 0.6) is 5.75 Å². The van der Waals surface area contributed by atoms with Crippen LogP contribution in [-0.4, -0.2) is 20.8 Å². The molecular weight excluding hydrogens is 244 g/mol. The van der Waals surface area contributed by atoms with Crippen molar-refractivity contribution in [2.45, 2.75) is 18.6 Å². The zero-order chi connectivity index (χ0) is 12.8. The molecule has 1 N–H and O–H groups in total. The molecule has 1 aromatic heterocycles. The van der Waals surface area contributed by atoms with E-state index in [0.717, 1.165) is 22.8 Å². The van der Waals surface area contributed by atoms with E-state index in [0.29, 0.717) is 11.7 Å². The van der Waals surface area contributed by atoms with Crippen LogP contribution in [0.25, 0.3) is 0 Å². The normalized spacial score (nSPS) is 12.3.